The molecular weight excluding hydrogens is 322 g/mol. The number of furan rings is 1. The van der Waals surface area contributed by atoms with Crippen molar-refractivity contribution in [1.82, 2.24) is 15.4 Å². The van der Waals surface area contributed by atoms with E-state index in [9.17, 15) is 0 Å². The fraction of sp³-hybridized carbons (Fsp3) is 0.611. The zero-order chi connectivity index (χ0) is 17.1. The summed E-state index contributed by atoms with van der Waals surface area (Å²) in [7, 11) is 0. The van der Waals surface area contributed by atoms with Gasteiger partial charge in [-0.2, -0.15) is 0 Å². The van der Waals surface area contributed by atoms with E-state index in [4.69, 9.17) is 18.4 Å². The van der Waals surface area contributed by atoms with Gasteiger partial charge in [-0.05, 0) is 19.1 Å². The van der Waals surface area contributed by atoms with E-state index in [1.165, 1.54) is 0 Å². The molecule has 0 atom stereocenters. The quantitative estimate of drug-likeness (QED) is 0.814. The van der Waals surface area contributed by atoms with Gasteiger partial charge in [0, 0.05) is 25.6 Å². The molecule has 4 rings (SSSR count). The maximum Gasteiger partial charge on any atom is 0.150 e. The molecule has 0 aromatic carbocycles. The lowest BCUT2D eigenvalue weighted by atomic mass is 9.91. The van der Waals surface area contributed by atoms with Crippen molar-refractivity contribution in [2.75, 3.05) is 39.5 Å². The van der Waals surface area contributed by atoms with Crippen LogP contribution in [0.15, 0.2) is 27.1 Å². The van der Waals surface area contributed by atoms with Gasteiger partial charge in [-0.25, -0.2) is 0 Å². The SMILES string of the molecule is Cc1ccc(CNC2(Cc3cc(CN4CCOCC4)on3)COC2)o1. The number of aromatic nitrogens is 1. The van der Waals surface area contributed by atoms with Crippen LogP contribution in [0.4, 0.5) is 0 Å². The molecule has 7 nitrogen and oxygen atoms in total. The Morgan fingerprint density at radius 1 is 1.16 bits per heavy atom. The van der Waals surface area contributed by atoms with Gasteiger partial charge >= 0.3 is 0 Å². The monoisotopic (exact) mass is 347 g/mol. The second kappa shape index (κ2) is 7.29. The van der Waals surface area contributed by atoms with Gasteiger partial charge in [0.15, 0.2) is 5.76 Å². The normalized spacial score (nSPS) is 20.5. The molecule has 2 aliphatic heterocycles. The molecule has 25 heavy (non-hydrogen) atoms. The molecular formula is C18H25N3O4. The van der Waals surface area contributed by atoms with Gasteiger partial charge in [0.05, 0.1) is 50.7 Å². The average molecular weight is 347 g/mol. The van der Waals surface area contributed by atoms with Gasteiger partial charge in [0.2, 0.25) is 0 Å². The highest BCUT2D eigenvalue weighted by Gasteiger charge is 2.39. The maximum absolute atomic E-state index is 5.63. The summed E-state index contributed by atoms with van der Waals surface area (Å²) in [4.78, 5) is 2.33. The third kappa shape index (κ3) is 4.12. The van der Waals surface area contributed by atoms with Crippen molar-refractivity contribution < 1.29 is 18.4 Å². The lowest BCUT2D eigenvalue weighted by Gasteiger charge is -2.41. The van der Waals surface area contributed by atoms with Gasteiger partial charge in [0.25, 0.3) is 0 Å². The summed E-state index contributed by atoms with van der Waals surface area (Å²) in [6.07, 6.45) is 0.791. The first-order valence-corrected chi connectivity index (χ1v) is 8.83. The molecule has 2 fully saturated rings. The number of rotatable bonds is 7. The summed E-state index contributed by atoms with van der Waals surface area (Å²) in [5, 5.41) is 7.83. The molecule has 0 spiro atoms. The van der Waals surface area contributed by atoms with Crippen LogP contribution in [0.2, 0.25) is 0 Å². The maximum atomic E-state index is 5.63. The number of ether oxygens (including phenoxy) is 2. The molecule has 136 valence electrons. The van der Waals surface area contributed by atoms with Crippen LogP contribution < -0.4 is 5.32 Å². The van der Waals surface area contributed by atoms with Crippen molar-refractivity contribution in [3.05, 3.63) is 41.2 Å². The van der Waals surface area contributed by atoms with E-state index in [1.54, 1.807) is 0 Å². The second-order valence-electron chi connectivity index (χ2n) is 6.99. The summed E-state index contributed by atoms with van der Waals surface area (Å²) in [5.41, 5.74) is 0.878. The van der Waals surface area contributed by atoms with Gasteiger partial charge in [0.1, 0.15) is 11.5 Å². The molecule has 2 aromatic heterocycles. The fourth-order valence-corrected chi connectivity index (χ4v) is 3.31. The lowest BCUT2D eigenvalue weighted by molar-refractivity contribution is -0.0762. The molecule has 4 heterocycles. The summed E-state index contributed by atoms with van der Waals surface area (Å²) >= 11 is 0. The summed E-state index contributed by atoms with van der Waals surface area (Å²) in [6.45, 7) is 8.26. The lowest BCUT2D eigenvalue weighted by Crippen LogP contribution is -2.61. The Kier molecular flexibility index (Phi) is 4.89. The molecule has 0 unspecified atom stereocenters. The fourth-order valence-electron chi connectivity index (χ4n) is 3.31. The summed E-state index contributed by atoms with van der Waals surface area (Å²) in [5.74, 6) is 2.78. The Balaban J connectivity index is 1.33. The standard InChI is InChI=1S/C18H25N3O4/c1-14-2-3-16(24-14)10-19-18(12-23-13-18)9-15-8-17(25-20-15)11-21-4-6-22-7-5-21/h2-3,8,19H,4-7,9-13H2,1H3. The van der Waals surface area contributed by atoms with Crippen LogP contribution >= 0.6 is 0 Å². The van der Waals surface area contributed by atoms with E-state index in [-0.39, 0.29) is 5.54 Å². The molecule has 0 radical (unpaired) electrons. The van der Waals surface area contributed by atoms with Crippen LogP contribution in [0, 0.1) is 6.92 Å². The van der Waals surface area contributed by atoms with Crippen LogP contribution in [0.25, 0.3) is 0 Å². The Bertz CT molecular complexity index is 686. The molecule has 2 saturated heterocycles. The van der Waals surface area contributed by atoms with E-state index in [0.717, 1.165) is 62.2 Å². The average Bonchev–Trinajstić information content (AvgIpc) is 3.20. The van der Waals surface area contributed by atoms with Crippen LogP contribution in [0.5, 0.6) is 0 Å². The van der Waals surface area contributed by atoms with E-state index < -0.39 is 0 Å². The van der Waals surface area contributed by atoms with E-state index in [1.807, 2.05) is 19.1 Å². The van der Waals surface area contributed by atoms with Gasteiger partial charge < -0.3 is 18.4 Å². The zero-order valence-corrected chi connectivity index (χ0v) is 14.6. The zero-order valence-electron chi connectivity index (χ0n) is 14.6. The minimum atomic E-state index is -0.0895. The first-order valence-electron chi connectivity index (χ1n) is 8.83. The molecule has 2 aromatic rings. The number of hydrogen-bond donors (Lipinski definition) is 1. The predicted octanol–water partition coefficient (Wildman–Crippen LogP) is 1.51. The van der Waals surface area contributed by atoms with Crippen LogP contribution in [0.3, 0.4) is 0 Å². The number of hydrogen-bond acceptors (Lipinski definition) is 7. The molecule has 1 N–H and O–H groups in total. The largest absolute Gasteiger partial charge is 0.465 e. The van der Waals surface area contributed by atoms with E-state index >= 15 is 0 Å². The Labute approximate surface area is 147 Å². The molecule has 0 aliphatic carbocycles. The Morgan fingerprint density at radius 2 is 2.00 bits per heavy atom. The van der Waals surface area contributed by atoms with Crippen molar-refractivity contribution >= 4 is 0 Å². The number of morpholine rings is 1. The van der Waals surface area contributed by atoms with E-state index in [0.29, 0.717) is 19.8 Å². The van der Waals surface area contributed by atoms with Gasteiger partial charge in [-0.15, -0.1) is 0 Å². The molecule has 7 heteroatoms. The third-order valence-corrected chi connectivity index (χ3v) is 4.80. The van der Waals surface area contributed by atoms with Crippen molar-refractivity contribution in [3.8, 4) is 0 Å². The Morgan fingerprint density at radius 3 is 2.68 bits per heavy atom. The number of aryl methyl sites for hydroxylation is 1. The highest BCUT2D eigenvalue weighted by molar-refractivity contribution is 5.13. The van der Waals surface area contributed by atoms with Crippen LogP contribution in [-0.4, -0.2) is 55.1 Å². The van der Waals surface area contributed by atoms with Crippen LogP contribution in [0.1, 0.15) is 23.0 Å². The minimum Gasteiger partial charge on any atom is -0.465 e. The third-order valence-electron chi connectivity index (χ3n) is 4.80. The summed E-state index contributed by atoms with van der Waals surface area (Å²) in [6, 6.07) is 6.05. The Hall–Kier alpha value is -1.67. The number of nitrogens with one attached hydrogen (secondary N) is 1. The molecule has 0 bridgehead atoms. The first-order chi connectivity index (χ1) is 12.2. The van der Waals surface area contributed by atoms with Crippen molar-refractivity contribution in [3.63, 3.8) is 0 Å². The predicted molar refractivity (Wildman–Crippen MR) is 90.1 cm³/mol. The molecule has 2 aliphatic rings. The molecule has 0 saturated carbocycles. The van der Waals surface area contributed by atoms with Crippen LogP contribution in [-0.2, 0) is 29.0 Å². The number of nitrogens with zero attached hydrogens (tertiary/aromatic N) is 2. The highest BCUT2D eigenvalue weighted by atomic mass is 16.5. The first kappa shape index (κ1) is 16.8. The van der Waals surface area contributed by atoms with Gasteiger partial charge in [-0.3, -0.25) is 10.2 Å². The second-order valence-corrected chi connectivity index (χ2v) is 6.99. The minimum absolute atomic E-state index is 0.0895. The summed E-state index contributed by atoms with van der Waals surface area (Å²) < 4.78 is 22.0. The molecule has 0 amide bonds. The van der Waals surface area contributed by atoms with Crippen molar-refractivity contribution in [2.45, 2.75) is 32.0 Å². The topological polar surface area (TPSA) is 72.9 Å². The smallest absolute Gasteiger partial charge is 0.150 e. The van der Waals surface area contributed by atoms with Gasteiger partial charge in [-0.1, -0.05) is 5.16 Å². The van der Waals surface area contributed by atoms with Crippen molar-refractivity contribution in [1.29, 1.82) is 0 Å². The van der Waals surface area contributed by atoms with Crippen molar-refractivity contribution in [2.24, 2.45) is 0 Å². The highest BCUT2D eigenvalue weighted by Crippen LogP contribution is 2.24. The van der Waals surface area contributed by atoms with E-state index in [2.05, 4.69) is 21.4 Å².